The van der Waals surface area contributed by atoms with Crippen molar-refractivity contribution in [3.05, 3.63) is 23.8 Å². The molecule has 1 atom stereocenters. The van der Waals surface area contributed by atoms with Crippen LogP contribution >= 0.6 is 8.38 Å². The molecule has 3 N–H and O–H groups in total. The second-order valence-electron chi connectivity index (χ2n) is 5.59. The van der Waals surface area contributed by atoms with Crippen molar-refractivity contribution in [2.45, 2.75) is 45.6 Å². The molecule has 9 heteroatoms. The molecule has 8 nitrogen and oxygen atoms in total. The second-order valence-corrected chi connectivity index (χ2v) is 7.22. The fourth-order valence-corrected chi connectivity index (χ4v) is 3.73. The van der Waals surface area contributed by atoms with Crippen LogP contribution in [0, 0.1) is 0 Å². The monoisotopic (exact) mass is 407 g/mol. The Balaban J connectivity index is 0. The molecule has 0 saturated heterocycles. The van der Waals surface area contributed by atoms with Gasteiger partial charge in [0.15, 0.2) is 8.38 Å². The summed E-state index contributed by atoms with van der Waals surface area (Å²) in [5, 5.41) is 2.58. The third-order valence-electron chi connectivity index (χ3n) is 3.60. The van der Waals surface area contributed by atoms with Gasteiger partial charge >= 0.3 is 12.1 Å². The summed E-state index contributed by atoms with van der Waals surface area (Å²) in [6.07, 6.45) is 9.14. The Labute approximate surface area is 164 Å². The van der Waals surface area contributed by atoms with Gasteiger partial charge in [0, 0.05) is 7.59 Å². The van der Waals surface area contributed by atoms with Crippen LogP contribution in [0.4, 0.5) is 4.79 Å². The van der Waals surface area contributed by atoms with E-state index in [-0.39, 0.29) is 13.5 Å². The van der Waals surface area contributed by atoms with Crippen LogP contribution in [0.2, 0.25) is 0 Å². The minimum atomic E-state index is -0.962. The molecule has 0 saturated carbocycles. The quantitative estimate of drug-likeness (QED) is 0.393. The number of nitrogens with one attached hydrogen (secondary N) is 1. The first-order valence-electron chi connectivity index (χ1n) is 9.00. The molecule has 0 fully saturated rings. The van der Waals surface area contributed by atoms with Gasteiger partial charge in [-0.2, -0.15) is 0 Å². The van der Waals surface area contributed by atoms with Gasteiger partial charge in [-0.15, -0.1) is 0 Å². The first kappa shape index (κ1) is 25.5. The van der Waals surface area contributed by atoms with Crippen LogP contribution in [0.3, 0.4) is 0 Å². The van der Waals surface area contributed by atoms with Gasteiger partial charge < -0.3 is 29.3 Å². The first-order chi connectivity index (χ1) is 12.6. The lowest BCUT2D eigenvalue weighted by Crippen LogP contribution is -2.42. The van der Waals surface area contributed by atoms with E-state index in [4.69, 9.17) is 18.5 Å². The average molecular weight is 407 g/mol. The van der Waals surface area contributed by atoms with Crippen molar-refractivity contribution in [2.24, 2.45) is 0 Å². The molecule has 0 bridgehead atoms. The molecule has 1 amide bonds. The Hall–Kier alpha value is -1.47. The summed E-state index contributed by atoms with van der Waals surface area (Å²) in [6.45, 7) is 5.19. The predicted molar refractivity (Wildman–Crippen MR) is 107 cm³/mol. The number of ether oxygens (including phenoxy) is 2. The van der Waals surface area contributed by atoms with Gasteiger partial charge in [-0.25, -0.2) is 9.59 Å². The molecule has 0 radical (unpaired) electrons. The number of rotatable bonds is 12. The third kappa shape index (κ3) is 11.1. The Morgan fingerprint density at radius 1 is 1.26 bits per heavy atom. The van der Waals surface area contributed by atoms with E-state index in [2.05, 4.69) is 5.32 Å². The van der Waals surface area contributed by atoms with Crippen LogP contribution in [0.1, 0.15) is 41.0 Å². The minimum Gasteiger partial charge on any atom is -0.467 e. The van der Waals surface area contributed by atoms with Crippen LogP contribution in [-0.2, 0) is 23.3 Å². The first-order valence-corrected chi connectivity index (χ1v) is 10.4. The van der Waals surface area contributed by atoms with Crippen molar-refractivity contribution in [3.8, 4) is 0 Å². The fraction of sp³-hybridized carbons (Fsp3) is 0.667. The normalized spacial score (nSPS) is 14.1. The van der Waals surface area contributed by atoms with E-state index < -0.39 is 26.5 Å². The lowest BCUT2D eigenvalue weighted by Gasteiger charge is -2.19. The summed E-state index contributed by atoms with van der Waals surface area (Å²) < 4.78 is 21.0. The van der Waals surface area contributed by atoms with Crippen molar-refractivity contribution in [1.82, 2.24) is 5.32 Å². The molecule has 158 valence electrons. The van der Waals surface area contributed by atoms with Gasteiger partial charge in [-0.3, -0.25) is 0 Å². The number of methoxy groups -OCH3 is 1. The lowest BCUT2D eigenvalue weighted by atomic mass is 10.1. The third-order valence-corrected chi connectivity index (χ3v) is 5.37. The van der Waals surface area contributed by atoms with E-state index in [0.29, 0.717) is 32.2 Å². The van der Waals surface area contributed by atoms with Crippen LogP contribution in [-0.4, -0.2) is 56.7 Å². The standard InChI is InChI=1S/C18H30NO6P.H2O.H2/c1-4-24-26(25-5-2)13-9-12-16(17(20)22-3)19-18(21)23-14-15-10-7-6-8-11-15;;/h7,10-11,16H,4-6,8-9,12-14H2,1-3H3,(H,19,21);1H2;1H. The zero-order valence-electron chi connectivity index (χ0n) is 16.4. The largest absolute Gasteiger partial charge is 0.467 e. The summed E-state index contributed by atoms with van der Waals surface area (Å²) >= 11 is 0. The van der Waals surface area contributed by atoms with Crippen molar-refractivity contribution in [3.63, 3.8) is 0 Å². The lowest BCUT2D eigenvalue weighted by molar-refractivity contribution is -0.143. The van der Waals surface area contributed by atoms with Crippen molar-refractivity contribution < 1.29 is 35.0 Å². The molecule has 0 aliphatic heterocycles. The predicted octanol–water partition coefficient (Wildman–Crippen LogP) is 3.12. The van der Waals surface area contributed by atoms with Crippen LogP contribution in [0.5, 0.6) is 0 Å². The van der Waals surface area contributed by atoms with E-state index in [1.54, 1.807) is 0 Å². The zero-order valence-corrected chi connectivity index (χ0v) is 17.3. The van der Waals surface area contributed by atoms with Crippen molar-refractivity contribution in [1.29, 1.82) is 0 Å². The number of hydrogen-bond acceptors (Lipinski definition) is 6. The highest BCUT2D eigenvalue weighted by atomic mass is 31.2. The topological polar surface area (TPSA) is 115 Å². The van der Waals surface area contributed by atoms with Gasteiger partial charge in [0.2, 0.25) is 0 Å². The van der Waals surface area contributed by atoms with E-state index in [1.807, 2.05) is 32.1 Å². The van der Waals surface area contributed by atoms with Gasteiger partial charge in [0.05, 0.1) is 20.3 Å². The molecule has 27 heavy (non-hydrogen) atoms. The smallest absolute Gasteiger partial charge is 0.408 e. The van der Waals surface area contributed by atoms with E-state index in [1.165, 1.54) is 7.11 Å². The minimum absolute atomic E-state index is 0. The van der Waals surface area contributed by atoms with Gasteiger partial charge in [-0.1, -0.05) is 18.2 Å². The summed E-state index contributed by atoms with van der Waals surface area (Å²) in [5.74, 6) is -0.490. The maximum Gasteiger partial charge on any atom is 0.408 e. The molecular weight excluding hydrogens is 373 g/mol. The number of amides is 1. The number of hydrogen-bond donors (Lipinski definition) is 1. The van der Waals surface area contributed by atoms with Crippen LogP contribution in [0.15, 0.2) is 23.8 Å². The molecule has 1 aliphatic carbocycles. The maximum absolute atomic E-state index is 12.0. The Morgan fingerprint density at radius 2 is 1.96 bits per heavy atom. The molecule has 1 unspecified atom stereocenters. The number of alkyl carbamates (subject to hydrolysis) is 1. The zero-order chi connectivity index (χ0) is 19.2. The summed E-state index contributed by atoms with van der Waals surface area (Å²) in [5.41, 5.74) is 0.958. The van der Waals surface area contributed by atoms with E-state index in [9.17, 15) is 9.59 Å². The molecule has 0 aromatic carbocycles. The van der Waals surface area contributed by atoms with E-state index in [0.717, 1.165) is 18.4 Å². The molecule has 0 aromatic rings. The van der Waals surface area contributed by atoms with Crippen LogP contribution in [0.25, 0.3) is 0 Å². The molecule has 0 aromatic heterocycles. The van der Waals surface area contributed by atoms with Gasteiger partial charge in [0.25, 0.3) is 0 Å². The Morgan fingerprint density at radius 3 is 2.52 bits per heavy atom. The van der Waals surface area contributed by atoms with Gasteiger partial charge in [0.1, 0.15) is 12.6 Å². The summed E-state index contributed by atoms with van der Waals surface area (Å²) in [6, 6.07) is -0.747. The number of allylic oxidation sites excluding steroid dienone is 2. The second kappa shape index (κ2) is 15.6. The van der Waals surface area contributed by atoms with Gasteiger partial charge in [-0.05, 0) is 45.1 Å². The maximum atomic E-state index is 12.0. The fourth-order valence-electron chi connectivity index (χ4n) is 2.38. The van der Waals surface area contributed by atoms with Crippen molar-refractivity contribution in [2.75, 3.05) is 33.1 Å². The highest BCUT2D eigenvalue weighted by molar-refractivity contribution is 7.47. The highest BCUT2D eigenvalue weighted by Crippen LogP contribution is 2.38. The SMILES string of the molecule is CCOP(CCCC(NC(=O)OCC1=CCCC=C1)C(=O)OC)OCC.O.[HH]. The molecule has 0 spiro atoms. The van der Waals surface area contributed by atoms with E-state index >= 15 is 0 Å². The highest BCUT2D eigenvalue weighted by Gasteiger charge is 2.23. The molecular formula is C18H34NO7P. The molecule has 1 aliphatic rings. The number of carbonyl (C=O) groups excluding carboxylic acids is 2. The van der Waals surface area contributed by atoms with Crippen LogP contribution < -0.4 is 5.32 Å². The Bertz CT molecular complexity index is 496. The average Bonchev–Trinajstić information content (AvgIpc) is 2.66. The van der Waals surface area contributed by atoms with Crippen molar-refractivity contribution >= 4 is 20.4 Å². The molecule has 1 rings (SSSR count). The molecule has 0 heterocycles. The number of carbonyl (C=O) groups is 2. The summed E-state index contributed by atoms with van der Waals surface area (Å²) in [7, 11) is 0.337. The summed E-state index contributed by atoms with van der Waals surface area (Å²) in [4.78, 5) is 23.9. The Kier molecular flexibility index (Phi) is 14.7. The number of esters is 1.